The van der Waals surface area contributed by atoms with Gasteiger partial charge >= 0.3 is 5.69 Å². The molecule has 3 atom stereocenters. The molecule has 5 aromatic rings. The Kier molecular flexibility index (Phi) is 12.6. The molecule has 2 aromatic heterocycles. The van der Waals surface area contributed by atoms with Crippen molar-refractivity contribution in [3.8, 4) is 5.88 Å². The third-order valence-corrected chi connectivity index (χ3v) is 10.9. The van der Waals surface area contributed by atoms with Crippen LogP contribution in [-0.4, -0.2) is 68.2 Å². The molecule has 0 unspecified atom stereocenters. The summed E-state index contributed by atoms with van der Waals surface area (Å²) >= 11 is 0. The Hall–Kier alpha value is -5.18. The maximum absolute atomic E-state index is 14.2. The van der Waals surface area contributed by atoms with Crippen molar-refractivity contribution < 1.29 is 23.4 Å². The number of hydrogen-bond donors (Lipinski definition) is 3. The number of aromatic nitrogens is 3. The van der Waals surface area contributed by atoms with Crippen molar-refractivity contribution >= 4 is 26.8 Å². The monoisotopic (exact) mass is 742 g/mol. The standard InChI is InChI=1S/C39H46N6O7S/c1-26(2)22-43(53(51,52)32-18-14-29(15-19-32)21-40-50)24-35(46)34(20-28-10-6-5-7-11-28)42-38(48)37(27(3)4)45-25-36(47)44(39(45)49)23-31-17-16-30-12-8-9-13-33(30)41-31/h5-19,25-27,34-35,37,46-47H,20-24H2,1-4H3,(H,42,48)/t34-,35+,37-/m0/s1. The van der Waals surface area contributed by atoms with Gasteiger partial charge in [-0.25, -0.2) is 13.2 Å². The SMILES string of the molecule is CC(C)CN(C[C@@H](O)[C@H](Cc1ccccc1)NC(=O)[C@H](C(C)C)n1cc(O)n(Cc2ccc3ccccc3n2)c1=O)S(=O)(=O)c1ccc(CN=O)cc1. The van der Waals surface area contributed by atoms with Crippen LogP contribution in [0.5, 0.6) is 5.88 Å². The number of nitrogens with zero attached hydrogens (tertiary/aromatic N) is 5. The van der Waals surface area contributed by atoms with Crippen molar-refractivity contribution in [2.24, 2.45) is 17.0 Å². The summed E-state index contributed by atoms with van der Waals surface area (Å²) in [6.45, 7) is 6.90. The molecule has 3 aromatic carbocycles. The second kappa shape index (κ2) is 17.1. The molecule has 5 rings (SSSR count). The fourth-order valence-corrected chi connectivity index (χ4v) is 7.99. The highest BCUT2D eigenvalue weighted by Gasteiger charge is 2.34. The van der Waals surface area contributed by atoms with Crippen LogP contribution in [0.3, 0.4) is 0 Å². The van der Waals surface area contributed by atoms with Gasteiger partial charge in [0.2, 0.25) is 21.8 Å². The van der Waals surface area contributed by atoms with E-state index in [1.54, 1.807) is 19.9 Å². The lowest BCUT2D eigenvalue weighted by Gasteiger charge is -2.32. The summed E-state index contributed by atoms with van der Waals surface area (Å²) in [5.74, 6) is -1.45. The van der Waals surface area contributed by atoms with E-state index in [9.17, 15) is 33.1 Å². The summed E-state index contributed by atoms with van der Waals surface area (Å²) in [5, 5.41) is 29.4. The number of aromatic hydroxyl groups is 1. The first-order chi connectivity index (χ1) is 25.3. The topological polar surface area (TPSA) is 176 Å². The fraction of sp³-hybridized carbons (Fsp3) is 0.359. The summed E-state index contributed by atoms with van der Waals surface area (Å²) in [4.78, 5) is 43.3. The van der Waals surface area contributed by atoms with Crippen LogP contribution >= 0.6 is 0 Å². The number of amides is 1. The molecule has 1 amide bonds. The zero-order chi connectivity index (χ0) is 38.3. The third kappa shape index (κ3) is 9.44. The maximum atomic E-state index is 14.2. The molecule has 0 bridgehead atoms. The van der Waals surface area contributed by atoms with Gasteiger partial charge in [0.1, 0.15) is 12.6 Å². The number of aliphatic hydroxyl groups is 1. The molecule has 0 aliphatic heterocycles. The molecule has 53 heavy (non-hydrogen) atoms. The van der Waals surface area contributed by atoms with E-state index >= 15 is 0 Å². The first kappa shape index (κ1) is 39.0. The number of carbonyl (C=O) groups is 1. The normalized spacial score (nSPS) is 13.7. The van der Waals surface area contributed by atoms with Crippen LogP contribution in [0, 0.1) is 16.7 Å². The predicted octanol–water partition coefficient (Wildman–Crippen LogP) is 4.85. The van der Waals surface area contributed by atoms with Gasteiger partial charge in [0.05, 0.1) is 41.0 Å². The minimum absolute atomic E-state index is 0.00824. The molecule has 13 nitrogen and oxygen atoms in total. The highest BCUT2D eigenvalue weighted by atomic mass is 32.2. The van der Waals surface area contributed by atoms with Gasteiger partial charge < -0.3 is 15.5 Å². The molecule has 0 radical (unpaired) electrons. The Labute approximate surface area is 309 Å². The van der Waals surface area contributed by atoms with Crippen LogP contribution in [0.1, 0.15) is 50.6 Å². The minimum Gasteiger partial charge on any atom is -0.493 e. The van der Waals surface area contributed by atoms with Crippen LogP contribution in [0.2, 0.25) is 0 Å². The highest BCUT2D eigenvalue weighted by Crippen LogP contribution is 2.23. The molecule has 0 aliphatic carbocycles. The summed E-state index contributed by atoms with van der Waals surface area (Å²) in [7, 11) is -4.11. The second-order valence-electron chi connectivity index (χ2n) is 14.0. The van der Waals surface area contributed by atoms with Crippen molar-refractivity contribution in [1.82, 2.24) is 23.7 Å². The van der Waals surface area contributed by atoms with Gasteiger partial charge in [-0.05, 0) is 53.6 Å². The van der Waals surface area contributed by atoms with E-state index in [1.165, 1.54) is 39.3 Å². The Morgan fingerprint density at radius 3 is 2.25 bits per heavy atom. The van der Waals surface area contributed by atoms with E-state index < -0.39 is 45.7 Å². The van der Waals surface area contributed by atoms with Crippen molar-refractivity contribution in [3.63, 3.8) is 0 Å². The van der Waals surface area contributed by atoms with Crippen molar-refractivity contribution in [1.29, 1.82) is 0 Å². The van der Waals surface area contributed by atoms with E-state index in [-0.39, 0.29) is 49.3 Å². The number of benzene rings is 3. The zero-order valence-electron chi connectivity index (χ0n) is 30.2. The van der Waals surface area contributed by atoms with Crippen molar-refractivity contribution in [3.05, 3.63) is 129 Å². The van der Waals surface area contributed by atoms with Crippen molar-refractivity contribution in [2.75, 3.05) is 13.1 Å². The van der Waals surface area contributed by atoms with Crippen LogP contribution in [0.25, 0.3) is 10.9 Å². The van der Waals surface area contributed by atoms with Gasteiger partial charge in [0.25, 0.3) is 0 Å². The van der Waals surface area contributed by atoms with E-state index in [2.05, 4.69) is 15.5 Å². The first-order valence-corrected chi connectivity index (χ1v) is 19.0. The summed E-state index contributed by atoms with van der Waals surface area (Å²) in [5.41, 5.74) is 2.03. The number of nitrogens with one attached hydrogen (secondary N) is 1. The number of imidazole rings is 1. The molecule has 0 saturated carbocycles. The molecule has 0 aliphatic rings. The number of carbonyl (C=O) groups excluding carboxylic acids is 1. The van der Waals surface area contributed by atoms with Crippen LogP contribution in [-0.2, 0) is 34.3 Å². The van der Waals surface area contributed by atoms with Crippen LogP contribution < -0.4 is 11.0 Å². The zero-order valence-corrected chi connectivity index (χ0v) is 31.1. The number of pyridine rings is 1. The van der Waals surface area contributed by atoms with Gasteiger partial charge in [0.15, 0.2) is 0 Å². The fourth-order valence-electron chi connectivity index (χ4n) is 6.37. The molecular formula is C39H46N6O7S. The number of para-hydroxylation sites is 1. The number of fused-ring (bicyclic) bond motifs is 1. The lowest BCUT2D eigenvalue weighted by molar-refractivity contribution is -0.127. The van der Waals surface area contributed by atoms with Crippen LogP contribution in [0.4, 0.5) is 0 Å². The molecular weight excluding hydrogens is 697 g/mol. The van der Waals surface area contributed by atoms with Gasteiger partial charge in [-0.15, -0.1) is 0 Å². The maximum Gasteiger partial charge on any atom is 0.332 e. The minimum atomic E-state index is -4.11. The lowest BCUT2D eigenvalue weighted by atomic mass is 9.98. The van der Waals surface area contributed by atoms with E-state index in [1.807, 2.05) is 74.5 Å². The number of rotatable bonds is 17. The average Bonchev–Trinajstić information content (AvgIpc) is 3.39. The molecule has 3 N–H and O–H groups in total. The number of aliphatic hydroxyl groups excluding tert-OH is 1. The van der Waals surface area contributed by atoms with Gasteiger partial charge in [-0.1, -0.05) is 99.6 Å². The molecule has 2 heterocycles. The van der Waals surface area contributed by atoms with Crippen molar-refractivity contribution in [2.45, 2.75) is 70.3 Å². The Bertz CT molecular complexity index is 2180. The van der Waals surface area contributed by atoms with Gasteiger partial charge in [-0.2, -0.15) is 9.21 Å². The molecule has 0 fully saturated rings. The smallest absolute Gasteiger partial charge is 0.332 e. The number of sulfonamides is 1. The van der Waals surface area contributed by atoms with Crippen LogP contribution in [0.15, 0.2) is 112 Å². The lowest BCUT2D eigenvalue weighted by Crippen LogP contribution is -2.53. The van der Waals surface area contributed by atoms with E-state index in [4.69, 9.17) is 0 Å². The Morgan fingerprint density at radius 1 is 0.906 bits per heavy atom. The average molecular weight is 743 g/mol. The highest BCUT2D eigenvalue weighted by molar-refractivity contribution is 7.89. The van der Waals surface area contributed by atoms with Gasteiger partial charge in [0, 0.05) is 18.5 Å². The number of nitroso groups, excluding NO2 is 1. The molecule has 280 valence electrons. The van der Waals surface area contributed by atoms with E-state index in [0.717, 1.165) is 21.0 Å². The summed E-state index contributed by atoms with van der Waals surface area (Å²) in [6.07, 6.45) is 0.0210. The predicted molar refractivity (Wildman–Crippen MR) is 203 cm³/mol. The molecule has 14 heteroatoms. The Morgan fingerprint density at radius 2 is 1.58 bits per heavy atom. The molecule has 0 saturated heterocycles. The summed E-state index contributed by atoms with van der Waals surface area (Å²) < 4.78 is 31.3. The first-order valence-electron chi connectivity index (χ1n) is 17.5. The van der Waals surface area contributed by atoms with Gasteiger partial charge in [-0.3, -0.25) is 18.9 Å². The molecule has 0 spiro atoms. The van der Waals surface area contributed by atoms with E-state index in [0.29, 0.717) is 11.3 Å². The quantitative estimate of drug-likeness (QED) is 0.113. The second-order valence-corrected chi connectivity index (χ2v) is 15.9. The third-order valence-electron chi connectivity index (χ3n) is 9.02. The Balaban J connectivity index is 1.42. The number of hydrogen-bond acceptors (Lipinski definition) is 9. The largest absolute Gasteiger partial charge is 0.493 e. The summed E-state index contributed by atoms with van der Waals surface area (Å²) in [6, 6.07) is 24.2.